The standard InChI is InChI=1S/C29H29FN4O3/c1-20(34-28(35)29(2,3)37-27-12-9-23(18-32)19-33-27)26(24-6-4-5-22(15-24)17-31)16-21-7-10-25(11-8-21)36-14-13-30/h4-12,15,19-20,26H,13-14,16H2,1-3H3,(H,34,35)/t20-,26+/m0/s1. The molecular weight excluding hydrogens is 471 g/mol. The van der Waals surface area contributed by atoms with Crippen molar-refractivity contribution >= 4 is 5.91 Å². The predicted molar refractivity (Wildman–Crippen MR) is 137 cm³/mol. The summed E-state index contributed by atoms with van der Waals surface area (Å²) in [6.07, 6.45) is 1.97. The van der Waals surface area contributed by atoms with Crippen molar-refractivity contribution in [2.24, 2.45) is 0 Å². The van der Waals surface area contributed by atoms with E-state index in [-0.39, 0.29) is 30.4 Å². The highest BCUT2D eigenvalue weighted by atomic mass is 19.1. The molecule has 0 unspecified atom stereocenters. The Morgan fingerprint density at radius 2 is 1.81 bits per heavy atom. The van der Waals surface area contributed by atoms with Crippen molar-refractivity contribution in [3.05, 3.63) is 89.1 Å². The molecule has 0 saturated carbocycles. The van der Waals surface area contributed by atoms with Crippen LogP contribution in [0, 0.1) is 22.7 Å². The van der Waals surface area contributed by atoms with Gasteiger partial charge in [-0.25, -0.2) is 9.37 Å². The summed E-state index contributed by atoms with van der Waals surface area (Å²) in [4.78, 5) is 17.3. The van der Waals surface area contributed by atoms with Crippen LogP contribution in [-0.4, -0.2) is 35.8 Å². The molecule has 1 aromatic heterocycles. The van der Waals surface area contributed by atoms with Crippen LogP contribution in [-0.2, 0) is 11.2 Å². The molecule has 0 saturated heterocycles. The van der Waals surface area contributed by atoms with Gasteiger partial charge in [0, 0.05) is 24.2 Å². The largest absolute Gasteiger partial charge is 0.491 e. The van der Waals surface area contributed by atoms with E-state index in [1.54, 1.807) is 44.2 Å². The Balaban J connectivity index is 1.79. The van der Waals surface area contributed by atoms with Crippen molar-refractivity contribution in [2.75, 3.05) is 13.3 Å². The highest BCUT2D eigenvalue weighted by molar-refractivity contribution is 5.85. The van der Waals surface area contributed by atoms with E-state index in [0.29, 0.717) is 23.3 Å². The van der Waals surface area contributed by atoms with Crippen molar-refractivity contribution in [1.29, 1.82) is 10.5 Å². The SMILES string of the molecule is C[C@H](NC(=O)C(C)(C)Oc1ccc(C#N)cn1)[C@@H](Cc1ccc(OCCF)cc1)c1cccc(C#N)c1. The molecule has 0 fully saturated rings. The fraction of sp³-hybridized carbons (Fsp3) is 0.310. The Morgan fingerprint density at radius 1 is 1.08 bits per heavy atom. The number of amides is 1. The second kappa shape index (κ2) is 12.5. The molecule has 3 rings (SSSR count). The maximum atomic E-state index is 13.2. The average Bonchev–Trinajstić information content (AvgIpc) is 2.91. The Kier molecular flexibility index (Phi) is 9.18. The molecule has 3 aromatic rings. The third-order valence-electron chi connectivity index (χ3n) is 5.90. The summed E-state index contributed by atoms with van der Waals surface area (Å²) < 4.78 is 23.6. The summed E-state index contributed by atoms with van der Waals surface area (Å²) in [6, 6.07) is 21.7. The number of nitrogens with zero attached hydrogens (tertiary/aromatic N) is 3. The van der Waals surface area contributed by atoms with Crippen LogP contribution in [0.25, 0.3) is 0 Å². The Hall–Kier alpha value is -4.43. The predicted octanol–water partition coefficient (Wildman–Crippen LogP) is 4.86. The lowest BCUT2D eigenvalue weighted by Gasteiger charge is -2.30. The molecule has 1 heterocycles. The van der Waals surface area contributed by atoms with Gasteiger partial charge < -0.3 is 14.8 Å². The molecule has 0 radical (unpaired) electrons. The van der Waals surface area contributed by atoms with Crippen LogP contribution >= 0.6 is 0 Å². The van der Waals surface area contributed by atoms with Crippen molar-refractivity contribution in [3.8, 4) is 23.8 Å². The van der Waals surface area contributed by atoms with Gasteiger partial charge in [0.1, 0.15) is 25.1 Å². The van der Waals surface area contributed by atoms with Gasteiger partial charge in [-0.15, -0.1) is 0 Å². The van der Waals surface area contributed by atoms with E-state index in [1.807, 2.05) is 43.3 Å². The van der Waals surface area contributed by atoms with Crippen molar-refractivity contribution in [2.45, 2.75) is 44.8 Å². The van der Waals surface area contributed by atoms with E-state index in [1.165, 1.54) is 6.20 Å². The molecule has 0 aliphatic rings. The minimum absolute atomic E-state index is 0.00182. The number of halogens is 1. The number of ether oxygens (including phenoxy) is 2. The molecular formula is C29H29FN4O3. The van der Waals surface area contributed by atoms with E-state index in [4.69, 9.17) is 14.7 Å². The first-order valence-electron chi connectivity index (χ1n) is 11.9. The number of benzene rings is 2. The topological polar surface area (TPSA) is 108 Å². The van der Waals surface area contributed by atoms with Crippen LogP contribution in [0.3, 0.4) is 0 Å². The van der Waals surface area contributed by atoms with E-state index in [2.05, 4.69) is 16.4 Å². The second-order valence-electron chi connectivity index (χ2n) is 9.10. The zero-order chi connectivity index (χ0) is 26.8. The minimum Gasteiger partial charge on any atom is -0.491 e. The molecule has 0 bridgehead atoms. The first-order chi connectivity index (χ1) is 17.7. The van der Waals surface area contributed by atoms with E-state index >= 15 is 0 Å². The normalized spacial score (nSPS) is 12.5. The van der Waals surface area contributed by atoms with Gasteiger partial charge in [0.2, 0.25) is 5.88 Å². The fourth-order valence-electron chi connectivity index (χ4n) is 3.85. The van der Waals surface area contributed by atoms with E-state index in [9.17, 15) is 14.4 Å². The number of carbonyl (C=O) groups excluding carboxylic acids is 1. The average molecular weight is 501 g/mol. The molecule has 7 nitrogen and oxygen atoms in total. The van der Waals surface area contributed by atoms with Gasteiger partial charge in [-0.1, -0.05) is 24.3 Å². The van der Waals surface area contributed by atoms with Crippen molar-refractivity contribution in [3.63, 3.8) is 0 Å². The summed E-state index contributed by atoms with van der Waals surface area (Å²) in [6.45, 7) is 4.66. The minimum atomic E-state index is -1.23. The third kappa shape index (κ3) is 7.52. The number of hydrogen-bond acceptors (Lipinski definition) is 6. The van der Waals surface area contributed by atoms with Crippen LogP contribution < -0.4 is 14.8 Å². The highest BCUT2D eigenvalue weighted by Crippen LogP contribution is 2.27. The molecule has 190 valence electrons. The van der Waals surface area contributed by atoms with E-state index < -0.39 is 12.3 Å². The van der Waals surface area contributed by atoms with Crippen molar-refractivity contribution < 1.29 is 18.7 Å². The lowest BCUT2D eigenvalue weighted by Crippen LogP contribution is -2.51. The van der Waals surface area contributed by atoms with Crippen LogP contribution in [0.1, 0.15) is 48.9 Å². The summed E-state index contributed by atoms with van der Waals surface area (Å²) in [5.74, 6) is 0.336. The number of pyridine rings is 1. The molecule has 0 spiro atoms. The summed E-state index contributed by atoms with van der Waals surface area (Å²) in [5.41, 5.74) is 1.61. The van der Waals surface area contributed by atoms with Crippen LogP contribution in [0.15, 0.2) is 66.9 Å². The highest BCUT2D eigenvalue weighted by Gasteiger charge is 2.33. The van der Waals surface area contributed by atoms with Gasteiger partial charge in [-0.2, -0.15) is 10.5 Å². The number of alkyl halides is 1. The van der Waals surface area contributed by atoms with Gasteiger partial charge in [0.25, 0.3) is 5.91 Å². The quantitative estimate of drug-likeness (QED) is 0.403. The number of nitriles is 2. The second-order valence-corrected chi connectivity index (χ2v) is 9.10. The lowest BCUT2D eigenvalue weighted by molar-refractivity contribution is -0.135. The lowest BCUT2D eigenvalue weighted by atomic mass is 9.85. The number of carbonyl (C=O) groups is 1. The third-order valence-corrected chi connectivity index (χ3v) is 5.90. The maximum absolute atomic E-state index is 13.2. The first kappa shape index (κ1) is 27.2. The van der Waals surface area contributed by atoms with Crippen LogP contribution in [0.2, 0.25) is 0 Å². The molecule has 1 N–H and O–H groups in total. The summed E-state index contributed by atoms with van der Waals surface area (Å²) in [7, 11) is 0. The molecule has 0 aliphatic carbocycles. The number of nitrogens with one attached hydrogen (secondary N) is 1. The summed E-state index contributed by atoms with van der Waals surface area (Å²) in [5, 5.41) is 21.4. The molecule has 8 heteroatoms. The molecule has 2 aromatic carbocycles. The van der Waals surface area contributed by atoms with E-state index in [0.717, 1.165) is 11.1 Å². The van der Waals surface area contributed by atoms with Gasteiger partial charge in [0.15, 0.2) is 5.60 Å². The van der Waals surface area contributed by atoms with Gasteiger partial charge in [-0.3, -0.25) is 4.79 Å². The number of hydrogen-bond donors (Lipinski definition) is 1. The van der Waals surface area contributed by atoms with Gasteiger partial charge in [0.05, 0.1) is 17.2 Å². The van der Waals surface area contributed by atoms with Crippen LogP contribution in [0.4, 0.5) is 4.39 Å². The summed E-state index contributed by atoms with van der Waals surface area (Å²) >= 11 is 0. The maximum Gasteiger partial charge on any atom is 0.263 e. The van der Waals surface area contributed by atoms with Gasteiger partial charge >= 0.3 is 0 Å². The monoisotopic (exact) mass is 500 g/mol. The first-order valence-corrected chi connectivity index (χ1v) is 11.9. The Bertz CT molecular complexity index is 1280. The van der Waals surface area contributed by atoms with Gasteiger partial charge in [-0.05, 0) is 68.7 Å². The molecule has 1 amide bonds. The Morgan fingerprint density at radius 3 is 2.43 bits per heavy atom. The zero-order valence-electron chi connectivity index (χ0n) is 21.1. The smallest absolute Gasteiger partial charge is 0.263 e. The van der Waals surface area contributed by atoms with Crippen LogP contribution in [0.5, 0.6) is 11.6 Å². The Labute approximate surface area is 216 Å². The molecule has 2 atom stereocenters. The van der Waals surface area contributed by atoms with Crippen molar-refractivity contribution in [1.82, 2.24) is 10.3 Å². The molecule has 37 heavy (non-hydrogen) atoms. The number of aromatic nitrogens is 1. The zero-order valence-corrected chi connectivity index (χ0v) is 21.1. The fourth-order valence-corrected chi connectivity index (χ4v) is 3.85. The number of rotatable bonds is 11. The molecule has 0 aliphatic heterocycles.